The Balaban J connectivity index is 1.32. The number of esters is 1. The van der Waals surface area contributed by atoms with Crippen LogP contribution < -0.4 is 16.0 Å². The average Bonchev–Trinajstić information content (AvgIpc) is 3.27. The van der Waals surface area contributed by atoms with Gasteiger partial charge in [0.15, 0.2) is 0 Å². The lowest BCUT2D eigenvalue weighted by atomic mass is 10.1. The molecular weight excluding hydrogens is 678 g/mol. The zero-order chi connectivity index (χ0) is 34.8. The number of carbonyl (C=O) groups excluding carboxylic acids is 4. The molecule has 4 aromatic rings. The maximum Gasteiger partial charge on any atom is 0.341 e. The van der Waals surface area contributed by atoms with Crippen LogP contribution in [0.4, 0.5) is 10.7 Å². The summed E-state index contributed by atoms with van der Waals surface area (Å²) in [7, 11) is 0. The van der Waals surface area contributed by atoms with Gasteiger partial charge in [-0.15, -0.1) is 23.1 Å². The summed E-state index contributed by atoms with van der Waals surface area (Å²) in [5.74, 6) is -1.57. The predicted octanol–water partition coefficient (Wildman–Crippen LogP) is 8.77. The van der Waals surface area contributed by atoms with Gasteiger partial charge in [-0.05, 0) is 98.7 Å². The molecule has 0 spiro atoms. The van der Waals surface area contributed by atoms with Gasteiger partial charge in [0, 0.05) is 26.0 Å². The molecule has 1 unspecified atom stereocenters. The largest absolute Gasteiger partial charge is 0.462 e. The topological polar surface area (TPSA) is 114 Å². The zero-order valence-electron chi connectivity index (χ0n) is 27.3. The average molecular weight is 716 g/mol. The SMILES string of the molecule is CCOC(=O)c1c(NC(=O)C(CC)Sc2cccc(NC(=O)/C(=C/c3cccc(Cl)c3)NC(=O)c3ccccc3)c2)sc2c1CCCCC2. The Morgan fingerprint density at radius 1 is 0.918 bits per heavy atom. The van der Waals surface area contributed by atoms with E-state index in [0.29, 0.717) is 38.8 Å². The first-order valence-corrected chi connectivity index (χ1v) is 18.4. The molecule has 3 aromatic carbocycles. The van der Waals surface area contributed by atoms with Crippen molar-refractivity contribution in [2.24, 2.45) is 0 Å². The van der Waals surface area contributed by atoms with E-state index in [0.717, 1.165) is 47.4 Å². The number of benzene rings is 3. The number of hydrogen-bond acceptors (Lipinski definition) is 7. The summed E-state index contributed by atoms with van der Waals surface area (Å²) < 4.78 is 5.39. The molecular formula is C38H38ClN3O5S2. The van der Waals surface area contributed by atoms with Gasteiger partial charge in [0.05, 0.1) is 17.4 Å². The van der Waals surface area contributed by atoms with Crippen molar-refractivity contribution >= 4 is 75.2 Å². The number of amides is 3. The van der Waals surface area contributed by atoms with Crippen LogP contribution in [0.3, 0.4) is 0 Å². The van der Waals surface area contributed by atoms with E-state index < -0.39 is 23.0 Å². The molecule has 0 aliphatic heterocycles. The van der Waals surface area contributed by atoms with Crippen LogP contribution in [0.5, 0.6) is 0 Å². The highest BCUT2D eigenvalue weighted by atomic mass is 35.5. The van der Waals surface area contributed by atoms with Gasteiger partial charge in [0.2, 0.25) is 5.91 Å². The number of ether oxygens (including phenoxy) is 1. The zero-order valence-corrected chi connectivity index (χ0v) is 29.7. The van der Waals surface area contributed by atoms with Crippen molar-refractivity contribution in [2.75, 3.05) is 17.2 Å². The first-order valence-electron chi connectivity index (χ1n) is 16.3. The standard InChI is InChI=1S/C38H38ClN3O5S2/c1-3-31(36(45)42-37-33(38(46)47-4-2)29-19-9-6-10-20-32(29)49-37)48-28-18-12-17-27(23-28)40-35(44)30(22-24-13-11-16-26(39)21-24)41-34(43)25-14-7-5-8-15-25/h5,7-8,11-18,21-23,31H,3-4,6,9-10,19-20H2,1-2H3,(H,40,44)(H,41,43)(H,42,45)/b30-22-. The predicted molar refractivity (Wildman–Crippen MR) is 199 cm³/mol. The van der Waals surface area contributed by atoms with Gasteiger partial charge < -0.3 is 20.7 Å². The van der Waals surface area contributed by atoms with Crippen LogP contribution >= 0.6 is 34.7 Å². The summed E-state index contributed by atoms with van der Waals surface area (Å²) in [5.41, 5.74) is 3.06. The van der Waals surface area contributed by atoms with Crippen molar-refractivity contribution in [3.63, 3.8) is 0 Å². The van der Waals surface area contributed by atoms with Crippen LogP contribution in [0.2, 0.25) is 5.02 Å². The molecule has 1 aliphatic rings. The van der Waals surface area contributed by atoms with E-state index in [1.54, 1.807) is 85.8 Å². The molecule has 5 rings (SSSR count). The van der Waals surface area contributed by atoms with Gasteiger partial charge in [-0.3, -0.25) is 14.4 Å². The van der Waals surface area contributed by atoms with Crippen LogP contribution in [0.15, 0.2) is 89.5 Å². The van der Waals surface area contributed by atoms with E-state index >= 15 is 0 Å². The monoisotopic (exact) mass is 715 g/mol. The number of anilines is 2. The van der Waals surface area contributed by atoms with E-state index in [-0.39, 0.29) is 18.2 Å². The molecule has 0 radical (unpaired) electrons. The fourth-order valence-corrected chi connectivity index (χ4v) is 7.97. The van der Waals surface area contributed by atoms with Crippen LogP contribution in [0.25, 0.3) is 6.08 Å². The second-order valence-electron chi connectivity index (χ2n) is 11.4. The Bertz CT molecular complexity index is 1860. The van der Waals surface area contributed by atoms with E-state index in [1.165, 1.54) is 23.1 Å². The van der Waals surface area contributed by atoms with Gasteiger partial charge in [-0.2, -0.15) is 0 Å². The Labute approximate surface area is 299 Å². The Morgan fingerprint density at radius 2 is 1.69 bits per heavy atom. The number of fused-ring (bicyclic) bond motifs is 1. The Morgan fingerprint density at radius 3 is 2.45 bits per heavy atom. The van der Waals surface area contributed by atoms with Gasteiger partial charge >= 0.3 is 5.97 Å². The number of rotatable bonds is 12. The molecule has 1 heterocycles. The normalized spacial score (nSPS) is 13.4. The highest BCUT2D eigenvalue weighted by molar-refractivity contribution is 8.00. The lowest BCUT2D eigenvalue weighted by Gasteiger charge is -2.16. The third kappa shape index (κ3) is 9.62. The molecule has 1 aliphatic carbocycles. The second kappa shape index (κ2) is 17.3. The van der Waals surface area contributed by atoms with Crippen LogP contribution in [0.1, 0.15) is 76.3 Å². The highest BCUT2D eigenvalue weighted by Crippen LogP contribution is 2.39. The molecule has 8 nitrogen and oxygen atoms in total. The third-order valence-electron chi connectivity index (χ3n) is 7.86. The lowest BCUT2D eigenvalue weighted by Crippen LogP contribution is -2.30. The van der Waals surface area contributed by atoms with Gasteiger partial charge in [-0.1, -0.05) is 61.3 Å². The third-order valence-corrected chi connectivity index (χ3v) is 10.7. The van der Waals surface area contributed by atoms with Crippen molar-refractivity contribution in [2.45, 2.75) is 62.5 Å². The minimum atomic E-state index is -0.528. The molecule has 254 valence electrons. The van der Waals surface area contributed by atoms with Crippen LogP contribution in [-0.4, -0.2) is 35.5 Å². The number of carbonyl (C=O) groups is 4. The minimum absolute atomic E-state index is 0.0340. The summed E-state index contributed by atoms with van der Waals surface area (Å²) in [6.45, 7) is 3.97. The maximum absolute atomic E-state index is 13.6. The molecule has 0 bridgehead atoms. The van der Waals surface area contributed by atoms with E-state index in [9.17, 15) is 19.2 Å². The van der Waals surface area contributed by atoms with Crippen molar-refractivity contribution in [3.8, 4) is 0 Å². The van der Waals surface area contributed by atoms with E-state index in [1.807, 2.05) is 13.0 Å². The summed E-state index contributed by atoms with van der Waals surface area (Å²) in [6.07, 6.45) is 6.95. The van der Waals surface area contributed by atoms with Gasteiger partial charge in [0.25, 0.3) is 11.8 Å². The molecule has 1 aromatic heterocycles. The van der Waals surface area contributed by atoms with Crippen LogP contribution in [-0.2, 0) is 27.2 Å². The Kier molecular flexibility index (Phi) is 12.7. The quantitative estimate of drug-likeness (QED) is 0.0585. The lowest BCUT2D eigenvalue weighted by molar-refractivity contribution is -0.116. The summed E-state index contributed by atoms with van der Waals surface area (Å²) in [6, 6.07) is 22.8. The summed E-state index contributed by atoms with van der Waals surface area (Å²) in [5, 5.41) is 9.24. The first-order chi connectivity index (χ1) is 23.7. The van der Waals surface area contributed by atoms with Crippen molar-refractivity contribution in [3.05, 3.63) is 117 Å². The number of thioether (sulfide) groups is 1. The number of thiophene rings is 1. The summed E-state index contributed by atoms with van der Waals surface area (Å²) >= 11 is 9.02. The molecule has 3 N–H and O–H groups in total. The fourth-order valence-electron chi connectivity index (χ4n) is 5.48. The van der Waals surface area contributed by atoms with Crippen LogP contribution in [0, 0.1) is 0 Å². The molecule has 3 amide bonds. The van der Waals surface area contributed by atoms with Crippen molar-refractivity contribution < 1.29 is 23.9 Å². The van der Waals surface area contributed by atoms with E-state index in [2.05, 4.69) is 16.0 Å². The molecule has 1 atom stereocenters. The number of halogens is 1. The smallest absolute Gasteiger partial charge is 0.341 e. The molecule has 11 heteroatoms. The maximum atomic E-state index is 13.6. The molecule has 0 fully saturated rings. The summed E-state index contributed by atoms with van der Waals surface area (Å²) in [4.78, 5) is 55.1. The van der Waals surface area contributed by atoms with Gasteiger partial charge in [-0.25, -0.2) is 4.79 Å². The van der Waals surface area contributed by atoms with E-state index in [4.69, 9.17) is 16.3 Å². The first kappa shape index (κ1) is 35.9. The van der Waals surface area contributed by atoms with Crippen molar-refractivity contribution in [1.82, 2.24) is 5.32 Å². The Hall–Kier alpha value is -4.38. The molecule has 49 heavy (non-hydrogen) atoms. The number of nitrogens with one attached hydrogen (secondary N) is 3. The minimum Gasteiger partial charge on any atom is -0.462 e. The molecule has 0 saturated heterocycles. The number of aryl methyl sites for hydroxylation is 1. The number of hydrogen-bond donors (Lipinski definition) is 3. The second-order valence-corrected chi connectivity index (χ2v) is 14.2. The van der Waals surface area contributed by atoms with Crippen molar-refractivity contribution in [1.29, 1.82) is 0 Å². The highest BCUT2D eigenvalue weighted by Gasteiger charge is 2.28. The van der Waals surface area contributed by atoms with Gasteiger partial charge in [0.1, 0.15) is 10.7 Å². The fraction of sp³-hybridized carbons (Fsp3) is 0.263. The molecule has 0 saturated carbocycles.